The normalized spacial score (nSPS) is 19.9. The fraction of sp³-hybridized carbons (Fsp3) is 0.417. The Kier molecular flexibility index (Phi) is 2.83. The van der Waals surface area contributed by atoms with Gasteiger partial charge in [-0.25, -0.2) is 0 Å². The average Bonchev–Trinajstić information content (AvgIpc) is 2.17. The summed E-state index contributed by atoms with van der Waals surface area (Å²) in [4.78, 5) is 13.5. The Balaban J connectivity index is 2.48. The molecule has 0 fully saturated rings. The van der Waals surface area contributed by atoms with E-state index in [1.165, 1.54) is 5.56 Å². The van der Waals surface area contributed by atoms with Crippen molar-refractivity contribution in [1.29, 1.82) is 0 Å². The monoisotopic (exact) mass is 267 g/mol. The number of rotatable bonds is 0. The minimum atomic E-state index is 0.130. The lowest BCUT2D eigenvalue weighted by Crippen LogP contribution is -2.40. The lowest BCUT2D eigenvalue weighted by atomic mass is 9.97. The Morgan fingerprint density at radius 3 is 2.93 bits per heavy atom. The van der Waals surface area contributed by atoms with Crippen LogP contribution in [0.2, 0.25) is 0 Å². The molecule has 1 aliphatic heterocycles. The van der Waals surface area contributed by atoms with Crippen LogP contribution in [0.5, 0.6) is 0 Å². The molecule has 1 heterocycles. The molecule has 1 aliphatic rings. The highest BCUT2D eigenvalue weighted by molar-refractivity contribution is 9.10. The number of aryl methyl sites for hydroxylation is 1. The molecule has 1 atom stereocenters. The van der Waals surface area contributed by atoms with Gasteiger partial charge >= 0.3 is 0 Å². The number of benzene rings is 1. The van der Waals surface area contributed by atoms with E-state index in [1.54, 1.807) is 6.92 Å². The van der Waals surface area contributed by atoms with Crippen LogP contribution in [0, 0.1) is 0 Å². The van der Waals surface area contributed by atoms with Gasteiger partial charge in [-0.15, -0.1) is 0 Å². The fourth-order valence-electron chi connectivity index (χ4n) is 2.20. The van der Waals surface area contributed by atoms with E-state index in [-0.39, 0.29) is 5.91 Å². The van der Waals surface area contributed by atoms with E-state index in [0.717, 1.165) is 23.0 Å². The van der Waals surface area contributed by atoms with Crippen molar-refractivity contribution in [2.24, 2.45) is 0 Å². The maximum absolute atomic E-state index is 11.6. The van der Waals surface area contributed by atoms with E-state index >= 15 is 0 Å². The largest absolute Gasteiger partial charge is 0.310 e. The summed E-state index contributed by atoms with van der Waals surface area (Å²) in [5.41, 5.74) is 2.34. The van der Waals surface area contributed by atoms with Gasteiger partial charge in [-0.3, -0.25) is 4.79 Å². The standard InChI is InChI=1S/C12H14BrNO/c1-8-3-4-10-7-11(13)5-6-12(10)14(8)9(2)15/h5-8H,3-4H2,1-2H3. The predicted molar refractivity (Wildman–Crippen MR) is 65.1 cm³/mol. The summed E-state index contributed by atoms with van der Waals surface area (Å²) in [6, 6.07) is 6.44. The molecule has 1 unspecified atom stereocenters. The van der Waals surface area contributed by atoms with Gasteiger partial charge in [0.05, 0.1) is 0 Å². The molecule has 1 aromatic carbocycles. The lowest BCUT2D eigenvalue weighted by molar-refractivity contribution is -0.117. The topological polar surface area (TPSA) is 20.3 Å². The zero-order chi connectivity index (χ0) is 11.0. The highest BCUT2D eigenvalue weighted by Crippen LogP contribution is 2.32. The van der Waals surface area contributed by atoms with Crippen molar-refractivity contribution in [2.45, 2.75) is 32.7 Å². The first-order chi connectivity index (χ1) is 7.09. The van der Waals surface area contributed by atoms with E-state index in [9.17, 15) is 4.79 Å². The second kappa shape index (κ2) is 3.97. The Hall–Kier alpha value is -0.830. The zero-order valence-corrected chi connectivity index (χ0v) is 10.5. The second-order valence-corrected chi connectivity index (χ2v) is 4.97. The van der Waals surface area contributed by atoms with Gasteiger partial charge in [-0.2, -0.15) is 0 Å². The summed E-state index contributed by atoms with van der Waals surface area (Å²) in [5.74, 6) is 0.130. The number of hydrogen-bond acceptors (Lipinski definition) is 1. The smallest absolute Gasteiger partial charge is 0.224 e. The molecule has 1 aromatic rings. The summed E-state index contributed by atoms with van der Waals surface area (Å²) in [5, 5.41) is 0. The number of fused-ring (bicyclic) bond motifs is 1. The van der Waals surface area contributed by atoms with Crippen molar-refractivity contribution >= 4 is 27.5 Å². The first-order valence-electron chi connectivity index (χ1n) is 5.18. The highest BCUT2D eigenvalue weighted by atomic mass is 79.9. The summed E-state index contributed by atoms with van der Waals surface area (Å²) < 4.78 is 1.08. The summed E-state index contributed by atoms with van der Waals surface area (Å²) in [6.45, 7) is 3.74. The van der Waals surface area contributed by atoms with Crippen LogP contribution in [-0.4, -0.2) is 11.9 Å². The van der Waals surface area contributed by atoms with Gasteiger partial charge in [-0.1, -0.05) is 15.9 Å². The van der Waals surface area contributed by atoms with Crippen LogP contribution < -0.4 is 4.90 Å². The van der Waals surface area contributed by atoms with Gasteiger partial charge in [0.25, 0.3) is 0 Å². The van der Waals surface area contributed by atoms with Crippen LogP contribution in [0.4, 0.5) is 5.69 Å². The van der Waals surface area contributed by atoms with Crippen molar-refractivity contribution in [3.63, 3.8) is 0 Å². The van der Waals surface area contributed by atoms with Crippen LogP contribution in [0.1, 0.15) is 25.8 Å². The Labute approximate surface area is 98.4 Å². The number of anilines is 1. The third kappa shape index (κ3) is 1.93. The van der Waals surface area contributed by atoms with Gasteiger partial charge in [0.15, 0.2) is 0 Å². The molecule has 3 heteroatoms. The Morgan fingerprint density at radius 1 is 1.53 bits per heavy atom. The Morgan fingerprint density at radius 2 is 2.27 bits per heavy atom. The zero-order valence-electron chi connectivity index (χ0n) is 8.96. The quantitative estimate of drug-likeness (QED) is 0.707. The molecule has 0 N–H and O–H groups in total. The first-order valence-corrected chi connectivity index (χ1v) is 5.97. The predicted octanol–water partition coefficient (Wildman–Crippen LogP) is 3.14. The van der Waals surface area contributed by atoms with E-state index in [2.05, 4.69) is 28.9 Å². The molecule has 0 aliphatic carbocycles. The molecule has 0 aromatic heterocycles. The molecular weight excluding hydrogens is 254 g/mol. The van der Waals surface area contributed by atoms with Crippen LogP contribution in [0.25, 0.3) is 0 Å². The molecule has 0 radical (unpaired) electrons. The molecule has 2 nitrogen and oxygen atoms in total. The molecule has 0 spiro atoms. The van der Waals surface area contributed by atoms with Gasteiger partial charge < -0.3 is 4.90 Å². The number of nitrogens with zero attached hydrogens (tertiary/aromatic N) is 1. The SMILES string of the molecule is CC(=O)N1c2ccc(Br)cc2CCC1C. The van der Waals surface area contributed by atoms with Gasteiger partial charge in [-0.05, 0) is 43.5 Å². The summed E-state index contributed by atoms with van der Waals surface area (Å²) in [7, 11) is 0. The third-order valence-corrected chi connectivity index (χ3v) is 3.41. The maximum Gasteiger partial charge on any atom is 0.224 e. The third-order valence-electron chi connectivity index (χ3n) is 2.91. The molecular formula is C12H14BrNO. The first kappa shape index (κ1) is 10.7. The van der Waals surface area contributed by atoms with Crippen LogP contribution >= 0.6 is 15.9 Å². The Bertz CT molecular complexity index is 403. The average molecular weight is 268 g/mol. The minimum Gasteiger partial charge on any atom is -0.310 e. The fourth-order valence-corrected chi connectivity index (χ4v) is 2.61. The molecule has 0 saturated heterocycles. The van der Waals surface area contributed by atoms with E-state index < -0.39 is 0 Å². The highest BCUT2D eigenvalue weighted by Gasteiger charge is 2.25. The number of halogens is 1. The number of carbonyl (C=O) groups is 1. The number of amides is 1. The molecule has 80 valence electrons. The van der Waals surface area contributed by atoms with Crippen LogP contribution in [0.15, 0.2) is 22.7 Å². The van der Waals surface area contributed by atoms with E-state index in [4.69, 9.17) is 0 Å². The van der Waals surface area contributed by atoms with Gasteiger partial charge in [0.2, 0.25) is 5.91 Å². The van der Waals surface area contributed by atoms with Crippen molar-refractivity contribution in [3.05, 3.63) is 28.2 Å². The molecule has 1 amide bonds. The van der Waals surface area contributed by atoms with E-state index in [0.29, 0.717) is 6.04 Å². The van der Waals surface area contributed by atoms with E-state index in [1.807, 2.05) is 17.0 Å². The van der Waals surface area contributed by atoms with Gasteiger partial charge in [0.1, 0.15) is 0 Å². The van der Waals surface area contributed by atoms with Crippen LogP contribution in [0.3, 0.4) is 0 Å². The molecule has 0 saturated carbocycles. The number of carbonyl (C=O) groups excluding carboxylic acids is 1. The summed E-state index contributed by atoms with van der Waals surface area (Å²) in [6.07, 6.45) is 2.10. The molecule has 2 rings (SSSR count). The van der Waals surface area contributed by atoms with Crippen molar-refractivity contribution in [3.8, 4) is 0 Å². The van der Waals surface area contributed by atoms with Crippen molar-refractivity contribution in [1.82, 2.24) is 0 Å². The minimum absolute atomic E-state index is 0.130. The van der Waals surface area contributed by atoms with Crippen molar-refractivity contribution in [2.75, 3.05) is 4.90 Å². The van der Waals surface area contributed by atoms with Crippen molar-refractivity contribution < 1.29 is 4.79 Å². The van der Waals surface area contributed by atoms with Gasteiger partial charge in [0, 0.05) is 23.1 Å². The molecule has 15 heavy (non-hydrogen) atoms. The summed E-state index contributed by atoms with van der Waals surface area (Å²) >= 11 is 3.46. The lowest BCUT2D eigenvalue weighted by Gasteiger charge is -2.34. The number of hydrogen-bond donors (Lipinski definition) is 0. The maximum atomic E-state index is 11.6. The molecule has 0 bridgehead atoms. The second-order valence-electron chi connectivity index (χ2n) is 4.05. The van der Waals surface area contributed by atoms with Crippen LogP contribution in [-0.2, 0) is 11.2 Å².